The molecule has 8 fully saturated rings. The average molecular weight is 911 g/mol. The molecule has 25 unspecified atom stereocenters. The summed E-state index contributed by atoms with van der Waals surface area (Å²) >= 11 is 0. The topological polar surface area (TPSA) is 247 Å². The number of aliphatic hydroxyl groups excluding tert-OH is 9. The highest BCUT2D eigenvalue weighted by Crippen LogP contribution is 2.79. The van der Waals surface area contributed by atoms with Crippen LogP contribution in [-0.4, -0.2) is 169 Å². The predicted octanol–water partition coefficient (Wildman–Crippen LogP) is 1.66. The van der Waals surface area contributed by atoms with Crippen LogP contribution in [-0.2, 0) is 33.2 Å². The first-order valence-corrected chi connectivity index (χ1v) is 24.1. The van der Waals surface area contributed by atoms with Crippen LogP contribution in [0.1, 0.15) is 114 Å². The zero-order chi connectivity index (χ0) is 46.5. The van der Waals surface area contributed by atoms with E-state index in [2.05, 4.69) is 60.6 Å². The Hall–Kier alpha value is -0.900. The molecule has 1 spiro atoms. The minimum absolute atomic E-state index is 0.141. The highest BCUT2D eigenvalue weighted by Gasteiger charge is 2.79. The standard InChI is InChI=1S/C48H78O16/c1-22-30(51)33(54)36(57)39(59-22)63-38-35(56)32(53)24(20-49)61-41(38)64-37-34(55)31(52)23(2)60-40(37)62-29-12-13-44(7)25(43(29,5)6)10-14-45(8)26(44)11-15-48-27-18-42(3,4)16-17-47(27,21-58-48)28(50)19-46(45,48)9/h11,15,22-41,49-57H,10,12-14,16-21H2,1-9H3. The number of rotatable bonds is 7. The van der Waals surface area contributed by atoms with Crippen LogP contribution in [0.3, 0.4) is 0 Å². The predicted molar refractivity (Wildman–Crippen MR) is 227 cm³/mol. The van der Waals surface area contributed by atoms with E-state index in [0.717, 1.165) is 38.5 Å². The van der Waals surface area contributed by atoms with Crippen molar-refractivity contribution in [1.29, 1.82) is 0 Å². The van der Waals surface area contributed by atoms with Crippen LogP contribution in [0.4, 0.5) is 0 Å². The molecule has 25 atom stereocenters. The van der Waals surface area contributed by atoms with Crippen molar-refractivity contribution in [2.24, 2.45) is 50.2 Å². The summed E-state index contributed by atoms with van der Waals surface area (Å²) in [5.41, 5.74) is -1.49. The first kappa shape index (κ1) is 48.1. The lowest BCUT2D eigenvalue weighted by molar-refractivity contribution is -0.396. The van der Waals surface area contributed by atoms with E-state index in [1.807, 2.05) is 0 Å². The molecule has 4 saturated heterocycles. The minimum Gasteiger partial charge on any atom is -0.394 e. The van der Waals surface area contributed by atoms with E-state index in [1.54, 1.807) is 6.92 Å². The SMILES string of the molecule is CC1OC(OC2C(OC3C(OC4CCC5(C)C(CCC6(C)C5C=CC57OCC8(CCC(C)(C)CC85)C(O)CC67C)C4(C)C)OC(C)C(O)C3O)OC(CO)C(O)C2O)C(O)C(O)C1O. The summed E-state index contributed by atoms with van der Waals surface area (Å²) in [6.07, 6.45) is -10.9. The van der Waals surface area contributed by atoms with E-state index in [-0.39, 0.29) is 44.8 Å². The third-order valence-corrected chi connectivity index (χ3v) is 19.9. The molecule has 5 aliphatic carbocycles. The molecule has 0 amide bonds. The number of allylic oxidation sites excluding steroid dienone is 1. The first-order chi connectivity index (χ1) is 29.8. The van der Waals surface area contributed by atoms with Gasteiger partial charge in [-0.15, -0.1) is 0 Å². The minimum atomic E-state index is -1.79. The van der Waals surface area contributed by atoms with E-state index in [1.165, 1.54) is 6.92 Å². The molecule has 0 aromatic carbocycles. The van der Waals surface area contributed by atoms with Gasteiger partial charge in [-0.3, -0.25) is 0 Å². The molecule has 0 radical (unpaired) electrons. The number of fused-ring (bicyclic) bond motifs is 4. The van der Waals surface area contributed by atoms with Crippen molar-refractivity contribution in [3.63, 3.8) is 0 Å². The highest BCUT2D eigenvalue weighted by atomic mass is 16.8. The van der Waals surface area contributed by atoms with Gasteiger partial charge in [0.2, 0.25) is 0 Å². The van der Waals surface area contributed by atoms with Gasteiger partial charge in [-0.2, -0.15) is 0 Å². The second-order valence-electron chi connectivity index (χ2n) is 23.9. The maximum atomic E-state index is 12.2. The second-order valence-corrected chi connectivity index (χ2v) is 23.9. The maximum absolute atomic E-state index is 12.2. The Balaban J connectivity index is 0.976. The fraction of sp³-hybridized carbons (Fsp3) is 0.958. The monoisotopic (exact) mass is 911 g/mol. The molecular formula is C48H78O16. The van der Waals surface area contributed by atoms with E-state index >= 15 is 0 Å². The van der Waals surface area contributed by atoms with Gasteiger partial charge in [0.15, 0.2) is 18.9 Å². The smallest absolute Gasteiger partial charge is 0.187 e. The Kier molecular flexibility index (Phi) is 12.1. The van der Waals surface area contributed by atoms with E-state index in [0.29, 0.717) is 19.4 Å². The summed E-state index contributed by atoms with van der Waals surface area (Å²) < 4.78 is 44.3. The van der Waals surface area contributed by atoms with Crippen molar-refractivity contribution in [1.82, 2.24) is 0 Å². The molecule has 366 valence electrons. The summed E-state index contributed by atoms with van der Waals surface area (Å²) in [6.45, 7) is 19.5. The molecule has 16 heteroatoms. The molecule has 9 aliphatic rings. The summed E-state index contributed by atoms with van der Waals surface area (Å²) in [6, 6.07) is 0. The molecule has 2 bridgehead atoms. The number of hydrogen-bond acceptors (Lipinski definition) is 16. The maximum Gasteiger partial charge on any atom is 0.187 e. The average Bonchev–Trinajstić information content (AvgIpc) is 3.51. The lowest BCUT2D eigenvalue weighted by atomic mass is 9.32. The van der Waals surface area contributed by atoms with Gasteiger partial charge in [-0.1, -0.05) is 60.6 Å². The zero-order valence-electron chi connectivity index (χ0n) is 39.2. The molecule has 9 N–H and O–H groups in total. The Morgan fingerprint density at radius 2 is 1.22 bits per heavy atom. The van der Waals surface area contributed by atoms with Crippen molar-refractivity contribution >= 4 is 0 Å². The van der Waals surface area contributed by atoms with Crippen LogP contribution >= 0.6 is 0 Å². The fourth-order valence-electron chi connectivity index (χ4n) is 15.7. The zero-order valence-corrected chi connectivity index (χ0v) is 39.2. The van der Waals surface area contributed by atoms with Gasteiger partial charge in [-0.05, 0) is 98.7 Å². The Morgan fingerprint density at radius 1 is 0.609 bits per heavy atom. The Labute approximate surface area is 377 Å². The molecule has 4 saturated carbocycles. The van der Waals surface area contributed by atoms with Gasteiger partial charge in [0, 0.05) is 16.7 Å². The molecule has 4 aliphatic heterocycles. The lowest BCUT2D eigenvalue weighted by Crippen LogP contribution is -2.72. The summed E-state index contributed by atoms with van der Waals surface area (Å²) in [5.74, 6) is 0.649. The van der Waals surface area contributed by atoms with Crippen LogP contribution in [0.5, 0.6) is 0 Å². The van der Waals surface area contributed by atoms with Crippen LogP contribution in [0.25, 0.3) is 0 Å². The molecule has 0 aromatic rings. The van der Waals surface area contributed by atoms with Crippen LogP contribution < -0.4 is 0 Å². The normalized spacial score (nSPS) is 58.7. The Bertz CT molecular complexity index is 1760. The van der Waals surface area contributed by atoms with E-state index in [9.17, 15) is 46.0 Å². The summed E-state index contributed by atoms with van der Waals surface area (Å²) in [5, 5.41) is 98.9. The molecule has 9 rings (SSSR count). The highest BCUT2D eigenvalue weighted by molar-refractivity contribution is 5.36. The number of aliphatic hydroxyl groups is 9. The number of ether oxygens (including phenoxy) is 7. The van der Waals surface area contributed by atoms with Gasteiger partial charge >= 0.3 is 0 Å². The largest absolute Gasteiger partial charge is 0.394 e. The van der Waals surface area contributed by atoms with Gasteiger partial charge in [0.25, 0.3) is 0 Å². The van der Waals surface area contributed by atoms with Crippen molar-refractivity contribution in [3.05, 3.63) is 12.2 Å². The van der Waals surface area contributed by atoms with Crippen LogP contribution in [0, 0.1) is 50.2 Å². The molecular weight excluding hydrogens is 833 g/mol. The van der Waals surface area contributed by atoms with Crippen molar-refractivity contribution in [2.45, 2.75) is 224 Å². The number of hydrogen-bond donors (Lipinski definition) is 9. The van der Waals surface area contributed by atoms with E-state index < -0.39 is 122 Å². The fourth-order valence-corrected chi connectivity index (χ4v) is 15.7. The van der Waals surface area contributed by atoms with E-state index in [4.69, 9.17) is 33.2 Å². The van der Waals surface area contributed by atoms with Crippen molar-refractivity contribution in [2.75, 3.05) is 13.2 Å². The summed E-state index contributed by atoms with van der Waals surface area (Å²) in [7, 11) is 0. The van der Waals surface area contributed by atoms with Gasteiger partial charge < -0.3 is 79.1 Å². The molecule has 4 heterocycles. The van der Waals surface area contributed by atoms with Gasteiger partial charge in [0.05, 0.1) is 43.2 Å². The van der Waals surface area contributed by atoms with Crippen molar-refractivity contribution in [3.8, 4) is 0 Å². The van der Waals surface area contributed by atoms with Crippen LogP contribution in [0.15, 0.2) is 12.2 Å². The van der Waals surface area contributed by atoms with Crippen LogP contribution in [0.2, 0.25) is 0 Å². The summed E-state index contributed by atoms with van der Waals surface area (Å²) in [4.78, 5) is 0. The van der Waals surface area contributed by atoms with Gasteiger partial charge in [0.1, 0.15) is 61.0 Å². The molecule has 64 heavy (non-hydrogen) atoms. The lowest BCUT2D eigenvalue weighted by Gasteiger charge is -2.73. The molecule has 16 nitrogen and oxygen atoms in total. The Morgan fingerprint density at radius 3 is 1.89 bits per heavy atom. The first-order valence-electron chi connectivity index (χ1n) is 24.1. The molecule has 0 aromatic heterocycles. The quantitative estimate of drug-likeness (QED) is 0.130. The third-order valence-electron chi connectivity index (χ3n) is 19.9. The third kappa shape index (κ3) is 6.73. The van der Waals surface area contributed by atoms with Gasteiger partial charge in [-0.25, -0.2) is 0 Å². The second kappa shape index (κ2) is 16.1. The van der Waals surface area contributed by atoms with Crippen molar-refractivity contribution < 1.29 is 79.1 Å².